The lowest BCUT2D eigenvalue weighted by Gasteiger charge is -2.47. The average molecular weight is 464 g/mol. The summed E-state index contributed by atoms with van der Waals surface area (Å²) in [6.07, 6.45) is 8.49. The van der Waals surface area contributed by atoms with Crippen molar-refractivity contribution in [2.45, 2.75) is 104 Å². The van der Waals surface area contributed by atoms with E-state index in [-0.39, 0.29) is 17.0 Å². The number of carbonyl (C=O) groups is 1. The molecule has 1 aromatic carbocycles. The normalized spacial score (nSPS) is 21.7. The second-order valence-corrected chi connectivity index (χ2v) is 12.4. The van der Waals surface area contributed by atoms with Gasteiger partial charge in [-0.25, -0.2) is 0 Å². The fourth-order valence-electron chi connectivity index (χ4n) is 5.84. The number of nitrogens with zero attached hydrogens (tertiary/aromatic N) is 1. The number of hydrogen-bond donors (Lipinski definition) is 2. The summed E-state index contributed by atoms with van der Waals surface area (Å²) in [6, 6.07) is 8.36. The molecule has 0 atom stereocenters. The zero-order chi connectivity index (χ0) is 24.7. The minimum atomic E-state index is -0.224. The molecule has 4 rings (SSSR count). The number of nitrogens with one attached hydrogen (secondary N) is 2. The van der Waals surface area contributed by atoms with E-state index in [1.807, 2.05) is 6.92 Å². The van der Waals surface area contributed by atoms with Crippen LogP contribution >= 0.6 is 0 Å². The van der Waals surface area contributed by atoms with Crippen molar-refractivity contribution in [3.63, 3.8) is 0 Å². The molecule has 5 nitrogen and oxygen atoms in total. The third-order valence-corrected chi connectivity index (χ3v) is 7.41. The van der Waals surface area contributed by atoms with Crippen molar-refractivity contribution in [1.82, 2.24) is 10.5 Å². The molecule has 0 unspecified atom stereocenters. The zero-order valence-corrected chi connectivity index (χ0v) is 22.0. The van der Waals surface area contributed by atoms with E-state index in [1.54, 1.807) is 6.07 Å². The summed E-state index contributed by atoms with van der Waals surface area (Å²) in [6.45, 7) is 15.8. The number of carbonyl (C=O) groups excluding carboxylic acids is 1. The molecule has 2 heterocycles. The van der Waals surface area contributed by atoms with Gasteiger partial charge in [-0.1, -0.05) is 38.1 Å². The smallest absolute Gasteiger partial charge is 0.277 e. The van der Waals surface area contributed by atoms with Crippen LogP contribution in [-0.2, 0) is 6.42 Å². The Morgan fingerprint density at radius 2 is 1.82 bits per heavy atom. The lowest BCUT2D eigenvalue weighted by Crippen LogP contribution is -2.57. The van der Waals surface area contributed by atoms with Crippen LogP contribution in [0, 0.1) is 5.41 Å². The number of anilines is 1. The topological polar surface area (TPSA) is 67.2 Å². The molecule has 34 heavy (non-hydrogen) atoms. The summed E-state index contributed by atoms with van der Waals surface area (Å²) in [5.74, 6) is 0.963. The molecule has 5 heteroatoms. The fourth-order valence-corrected chi connectivity index (χ4v) is 5.84. The van der Waals surface area contributed by atoms with Crippen LogP contribution < -0.4 is 10.6 Å². The molecule has 1 amide bonds. The molecule has 184 valence electrons. The zero-order valence-electron chi connectivity index (χ0n) is 22.0. The van der Waals surface area contributed by atoms with Gasteiger partial charge in [-0.2, -0.15) is 0 Å². The Kier molecular flexibility index (Phi) is 6.54. The van der Waals surface area contributed by atoms with Crippen LogP contribution in [0.15, 0.2) is 34.9 Å². The quantitative estimate of drug-likeness (QED) is 0.496. The van der Waals surface area contributed by atoms with Crippen LogP contribution in [0.4, 0.5) is 5.69 Å². The van der Waals surface area contributed by atoms with Gasteiger partial charge in [-0.15, -0.1) is 0 Å². The minimum Gasteiger partial charge on any atom is -0.361 e. The second kappa shape index (κ2) is 8.99. The van der Waals surface area contributed by atoms with Crippen LogP contribution in [0.5, 0.6) is 0 Å². The summed E-state index contributed by atoms with van der Waals surface area (Å²) in [7, 11) is 0. The number of hydrogen-bond acceptors (Lipinski definition) is 4. The van der Waals surface area contributed by atoms with Gasteiger partial charge < -0.3 is 15.2 Å². The van der Waals surface area contributed by atoms with Crippen molar-refractivity contribution in [2.75, 3.05) is 5.32 Å². The molecule has 1 aliphatic carbocycles. The highest BCUT2D eigenvalue weighted by Crippen LogP contribution is 2.43. The van der Waals surface area contributed by atoms with E-state index in [2.05, 4.69) is 81.6 Å². The molecular weight excluding hydrogens is 422 g/mol. The number of allylic oxidation sites excluding steroid dienone is 2. The Bertz CT molecular complexity index is 1070. The minimum absolute atomic E-state index is 0.0809. The first-order chi connectivity index (χ1) is 15.9. The van der Waals surface area contributed by atoms with Gasteiger partial charge >= 0.3 is 0 Å². The highest BCUT2D eigenvalue weighted by Gasteiger charge is 2.38. The predicted octanol–water partition coefficient (Wildman–Crippen LogP) is 7.11. The molecule has 0 saturated carbocycles. The molecule has 2 N–H and O–H groups in total. The Hall–Kier alpha value is -2.40. The molecule has 0 spiro atoms. The van der Waals surface area contributed by atoms with Crippen LogP contribution in [0.2, 0.25) is 0 Å². The SMILES string of the molecule is CCc1cc(C(=O)Nc2ccc(C3CC(C)(C)NC(C)(C)C3)cc2C2=CCC(C)(C)CC2)no1. The maximum atomic E-state index is 13.0. The van der Waals surface area contributed by atoms with Crippen molar-refractivity contribution in [3.05, 3.63) is 52.9 Å². The highest BCUT2D eigenvalue weighted by atomic mass is 16.5. The molecule has 0 bridgehead atoms. The third kappa shape index (κ3) is 5.63. The van der Waals surface area contributed by atoms with E-state index in [1.165, 1.54) is 11.1 Å². The Morgan fingerprint density at radius 1 is 1.12 bits per heavy atom. The molecule has 1 aromatic heterocycles. The summed E-state index contributed by atoms with van der Waals surface area (Å²) in [5.41, 5.74) is 5.50. The van der Waals surface area contributed by atoms with Crippen molar-refractivity contribution >= 4 is 17.2 Å². The van der Waals surface area contributed by atoms with Gasteiger partial charge in [-0.3, -0.25) is 4.79 Å². The number of amides is 1. The number of rotatable bonds is 5. The van der Waals surface area contributed by atoms with Gasteiger partial charge in [0.05, 0.1) is 0 Å². The largest absolute Gasteiger partial charge is 0.361 e. The van der Waals surface area contributed by atoms with Gasteiger partial charge in [0, 0.05) is 34.8 Å². The number of benzene rings is 1. The lowest BCUT2D eigenvalue weighted by molar-refractivity contribution is 0.101. The average Bonchev–Trinajstić information content (AvgIpc) is 3.21. The van der Waals surface area contributed by atoms with Gasteiger partial charge in [0.15, 0.2) is 5.69 Å². The predicted molar refractivity (Wildman–Crippen MR) is 139 cm³/mol. The molecule has 1 fully saturated rings. The highest BCUT2D eigenvalue weighted by molar-refractivity contribution is 6.04. The van der Waals surface area contributed by atoms with Crippen LogP contribution in [0.1, 0.15) is 114 Å². The second-order valence-electron chi connectivity index (χ2n) is 12.4. The standard InChI is InChI=1S/C29H41N3O2/c1-8-22-16-25(31-34-22)26(33)30-24-10-9-20(21-17-28(4,5)32-29(6,7)18-21)15-23(24)19-11-13-27(2,3)14-12-19/h9-11,15-16,21,32H,8,12-14,17-18H2,1-7H3,(H,30,33). The monoisotopic (exact) mass is 463 g/mol. The Labute approximate surface area is 204 Å². The van der Waals surface area contributed by atoms with Crippen LogP contribution in [0.3, 0.4) is 0 Å². The van der Waals surface area contributed by atoms with Gasteiger partial charge in [0.25, 0.3) is 5.91 Å². The molecule has 2 aliphatic rings. The Morgan fingerprint density at radius 3 is 2.41 bits per heavy atom. The fraction of sp³-hybridized carbons (Fsp3) is 0.586. The van der Waals surface area contributed by atoms with Crippen molar-refractivity contribution in [3.8, 4) is 0 Å². The van der Waals surface area contributed by atoms with E-state index in [9.17, 15) is 4.79 Å². The number of aromatic nitrogens is 1. The summed E-state index contributed by atoms with van der Waals surface area (Å²) in [5, 5.41) is 10.9. The van der Waals surface area contributed by atoms with Gasteiger partial charge in [-0.05, 0) is 94.4 Å². The molecule has 0 radical (unpaired) electrons. The summed E-state index contributed by atoms with van der Waals surface area (Å²) >= 11 is 0. The van der Waals surface area contributed by atoms with Crippen LogP contribution in [0.25, 0.3) is 5.57 Å². The maximum absolute atomic E-state index is 13.0. The molecule has 1 aliphatic heterocycles. The summed E-state index contributed by atoms with van der Waals surface area (Å²) in [4.78, 5) is 13.0. The number of aryl methyl sites for hydroxylation is 1. The van der Waals surface area contributed by atoms with Gasteiger partial charge in [0.1, 0.15) is 5.76 Å². The first kappa shape index (κ1) is 24.7. The Balaban J connectivity index is 1.68. The van der Waals surface area contributed by atoms with E-state index in [0.717, 1.165) is 43.4 Å². The first-order valence-corrected chi connectivity index (χ1v) is 12.8. The van der Waals surface area contributed by atoms with Crippen molar-refractivity contribution in [2.24, 2.45) is 5.41 Å². The van der Waals surface area contributed by atoms with Crippen LogP contribution in [-0.4, -0.2) is 22.1 Å². The first-order valence-electron chi connectivity index (χ1n) is 12.8. The lowest BCUT2D eigenvalue weighted by atomic mass is 9.72. The van der Waals surface area contributed by atoms with E-state index in [0.29, 0.717) is 29.2 Å². The van der Waals surface area contributed by atoms with E-state index >= 15 is 0 Å². The van der Waals surface area contributed by atoms with Crippen molar-refractivity contribution < 1.29 is 9.32 Å². The van der Waals surface area contributed by atoms with E-state index < -0.39 is 0 Å². The third-order valence-electron chi connectivity index (χ3n) is 7.41. The number of piperidine rings is 1. The molecular formula is C29H41N3O2. The molecule has 1 saturated heterocycles. The maximum Gasteiger partial charge on any atom is 0.277 e. The van der Waals surface area contributed by atoms with Crippen molar-refractivity contribution in [1.29, 1.82) is 0 Å². The molecule has 2 aromatic rings. The summed E-state index contributed by atoms with van der Waals surface area (Å²) < 4.78 is 5.25. The van der Waals surface area contributed by atoms with E-state index in [4.69, 9.17) is 4.52 Å². The van der Waals surface area contributed by atoms with Gasteiger partial charge in [0.2, 0.25) is 0 Å².